The van der Waals surface area contributed by atoms with Crippen molar-refractivity contribution in [3.63, 3.8) is 0 Å². The molecule has 0 aliphatic carbocycles. The molecule has 0 bridgehead atoms. The van der Waals surface area contributed by atoms with Crippen LogP contribution in [0.3, 0.4) is 0 Å². The summed E-state index contributed by atoms with van der Waals surface area (Å²) in [4.78, 5) is 28.9. The Hall–Kier alpha value is -3.45. The van der Waals surface area contributed by atoms with Crippen LogP contribution in [0.2, 0.25) is 0 Å². The van der Waals surface area contributed by atoms with Crippen molar-refractivity contribution in [3.05, 3.63) is 76.7 Å². The first-order chi connectivity index (χ1) is 16.4. The van der Waals surface area contributed by atoms with Crippen LogP contribution in [0, 0.1) is 0 Å². The summed E-state index contributed by atoms with van der Waals surface area (Å²) in [6.45, 7) is 5.63. The van der Waals surface area contributed by atoms with Crippen molar-refractivity contribution in [2.45, 2.75) is 45.3 Å². The Morgan fingerprint density at radius 1 is 1.03 bits per heavy atom. The van der Waals surface area contributed by atoms with Crippen molar-refractivity contribution in [2.24, 2.45) is 7.05 Å². The third-order valence-electron chi connectivity index (χ3n) is 6.47. The van der Waals surface area contributed by atoms with Gasteiger partial charge in [-0.2, -0.15) is 5.10 Å². The van der Waals surface area contributed by atoms with Crippen LogP contribution in [0.15, 0.2) is 65.6 Å². The molecule has 0 saturated heterocycles. The molecule has 0 saturated carbocycles. The number of amides is 1. The van der Waals surface area contributed by atoms with E-state index in [1.54, 1.807) is 13.2 Å². The highest BCUT2D eigenvalue weighted by atomic mass is 16.2. The molecule has 1 amide bonds. The minimum Gasteiger partial charge on any atom is -0.350 e. The third kappa shape index (κ3) is 4.61. The molecule has 0 aliphatic heterocycles. The zero-order valence-electron chi connectivity index (χ0n) is 20.4. The van der Waals surface area contributed by atoms with Gasteiger partial charge in [0.15, 0.2) is 0 Å². The molecule has 2 aromatic heterocycles. The molecule has 34 heavy (non-hydrogen) atoms. The van der Waals surface area contributed by atoms with E-state index in [2.05, 4.69) is 41.4 Å². The minimum absolute atomic E-state index is 0.00727. The summed E-state index contributed by atoms with van der Waals surface area (Å²) < 4.78 is 3.24. The van der Waals surface area contributed by atoms with E-state index in [0.717, 1.165) is 35.8 Å². The molecule has 2 aromatic carbocycles. The number of nitrogens with zero attached hydrogens (tertiary/aromatic N) is 4. The summed E-state index contributed by atoms with van der Waals surface area (Å²) >= 11 is 0. The first-order valence-electron chi connectivity index (χ1n) is 11.9. The molecular weight excluding hydrogens is 426 g/mol. The molecule has 4 aromatic rings. The molecule has 2 atom stereocenters. The second kappa shape index (κ2) is 10.2. The predicted octanol–water partition coefficient (Wildman–Crippen LogP) is 3.87. The summed E-state index contributed by atoms with van der Waals surface area (Å²) in [5.74, 6) is -0.0658. The van der Waals surface area contributed by atoms with Gasteiger partial charge in [-0.05, 0) is 31.5 Å². The number of carbonyl (C=O) groups is 1. The van der Waals surface area contributed by atoms with Gasteiger partial charge in [0.2, 0.25) is 5.91 Å². The minimum atomic E-state index is -0.494. The number of nitrogens with one attached hydrogen (secondary N) is 1. The van der Waals surface area contributed by atoms with Crippen LogP contribution in [0.4, 0.5) is 0 Å². The molecule has 0 fully saturated rings. The van der Waals surface area contributed by atoms with Gasteiger partial charge in [-0.25, -0.2) is 4.68 Å². The van der Waals surface area contributed by atoms with Crippen LogP contribution >= 0.6 is 0 Å². The Morgan fingerprint density at radius 3 is 2.44 bits per heavy atom. The highest BCUT2D eigenvalue weighted by Crippen LogP contribution is 2.30. The van der Waals surface area contributed by atoms with E-state index in [1.165, 1.54) is 10.2 Å². The quantitative estimate of drug-likeness (QED) is 0.413. The fourth-order valence-electron chi connectivity index (χ4n) is 4.71. The second-order valence-corrected chi connectivity index (χ2v) is 8.94. The van der Waals surface area contributed by atoms with Gasteiger partial charge < -0.3 is 14.8 Å². The topological polar surface area (TPSA) is 72.2 Å². The molecule has 178 valence electrons. The van der Waals surface area contributed by atoms with Gasteiger partial charge in [-0.1, -0.05) is 62.4 Å². The summed E-state index contributed by atoms with van der Waals surface area (Å²) in [6, 6.07) is 17.7. The number of fused-ring (bicyclic) bond motifs is 3. The van der Waals surface area contributed by atoms with E-state index in [-0.39, 0.29) is 17.5 Å². The first-order valence-corrected chi connectivity index (χ1v) is 11.9. The van der Waals surface area contributed by atoms with Gasteiger partial charge in [-0.15, -0.1) is 0 Å². The van der Waals surface area contributed by atoms with E-state index >= 15 is 0 Å². The molecule has 7 heteroatoms. The molecule has 0 aliphatic rings. The average Bonchev–Trinajstić information content (AvgIpc) is 3.17. The lowest BCUT2D eigenvalue weighted by Crippen LogP contribution is -2.45. The molecular formula is C27H33N5O2. The van der Waals surface area contributed by atoms with E-state index in [9.17, 15) is 9.59 Å². The van der Waals surface area contributed by atoms with Crippen LogP contribution in [0.5, 0.6) is 0 Å². The highest BCUT2D eigenvalue weighted by molar-refractivity contribution is 6.08. The van der Waals surface area contributed by atoms with Gasteiger partial charge >= 0.3 is 0 Å². The lowest BCUT2D eigenvalue weighted by Gasteiger charge is -2.27. The molecule has 0 radical (unpaired) electrons. The Balaban J connectivity index is 1.62. The Labute approximate surface area is 200 Å². The Bertz CT molecular complexity index is 1340. The largest absolute Gasteiger partial charge is 0.350 e. The lowest BCUT2D eigenvalue weighted by molar-refractivity contribution is -0.125. The van der Waals surface area contributed by atoms with Gasteiger partial charge in [0, 0.05) is 37.0 Å². The van der Waals surface area contributed by atoms with Crippen molar-refractivity contribution in [1.82, 2.24) is 24.6 Å². The van der Waals surface area contributed by atoms with E-state index in [0.29, 0.717) is 11.9 Å². The van der Waals surface area contributed by atoms with Crippen LogP contribution in [-0.4, -0.2) is 44.8 Å². The highest BCUT2D eigenvalue weighted by Gasteiger charge is 2.27. The average molecular weight is 460 g/mol. The zero-order valence-corrected chi connectivity index (χ0v) is 20.4. The number of aryl methyl sites for hydroxylation is 1. The monoisotopic (exact) mass is 459 g/mol. The summed E-state index contributed by atoms with van der Waals surface area (Å²) in [6.07, 6.45) is 3.11. The summed E-state index contributed by atoms with van der Waals surface area (Å²) in [7, 11) is 3.71. The Kier molecular flexibility index (Phi) is 7.12. The molecule has 1 N–H and O–H groups in total. The van der Waals surface area contributed by atoms with Crippen LogP contribution in [0.25, 0.3) is 21.8 Å². The number of para-hydroxylation sites is 1. The van der Waals surface area contributed by atoms with Gasteiger partial charge in [0.05, 0.1) is 11.7 Å². The fraction of sp³-hybridized carbons (Fsp3) is 0.370. The number of benzene rings is 2. The van der Waals surface area contributed by atoms with Gasteiger partial charge in [0.25, 0.3) is 5.56 Å². The second-order valence-electron chi connectivity index (χ2n) is 8.94. The van der Waals surface area contributed by atoms with Crippen molar-refractivity contribution in [2.75, 3.05) is 13.6 Å². The van der Waals surface area contributed by atoms with Gasteiger partial charge in [-0.3, -0.25) is 9.59 Å². The molecule has 2 heterocycles. The zero-order chi connectivity index (χ0) is 24.2. The number of carbonyl (C=O) groups excluding carboxylic acids is 1. The Morgan fingerprint density at radius 2 is 1.74 bits per heavy atom. The van der Waals surface area contributed by atoms with E-state index < -0.39 is 6.04 Å². The molecule has 0 spiro atoms. The predicted molar refractivity (Wildman–Crippen MR) is 137 cm³/mol. The SMILES string of the molecule is CC[C@H](CN(C)Cc1ccccc1)NC(=O)[C@@H](CC)n1c2ccccc2c2cnn(C)c(=O)c21. The van der Waals surface area contributed by atoms with Crippen molar-refractivity contribution >= 4 is 27.7 Å². The summed E-state index contributed by atoms with van der Waals surface area (Å²) in [5, 5.41) is 9.19. The number of hydrogen-bond acceptors (Lipinski definition) is 4. The van der Waals surface area contributed by atoms with Crippen LogP contribution in [-0.2, 0) is 18.4 Å². The molecule has 0 unspecified atom stereocenters. The fourth-order valence-corrected chi connectivity index (χ4v) is 4.71. The number of aromatic nitrogens is 3. The number of rotatable bonds is 9. The van der Waals surface area contributed by atoms with Crippen molar-refractivity contribution < 1.29 is 4.79 Å². The number of likely N-dealkylation sites (N-methyl/N-ethyl adjacent to an activating group) is 1. The third-order valence-corrected chi connectivity index (χ3v) is 6.47. The van der Waals surface area contributed by atoms with E-state index in [4.69, 9.17) is 0 Å². The van der Waals surface area contributed by atoms with Crippen LogP contribution in [0.1, 0.15) is 38.3 Å². The standard InChI is InChI=1S/C27H33N5O2/c1-5-20(18-30(3)17-19-12-8-7-9-13-19)29-26(33)23(6-2)32-24-15-11-10-14-21(24)22-16-28-31(4)27(34)25(22)32/h7-16,20,23H,5-6,17-18H2,1-4H3,(H,29,33)/t20-,23-/m1/s1. The number of hydrogen-bond donors (Lipinski definition) is 1. The smallest absolute Gasteiger partial charge is 0.291 e. The first kappa shape index (κ1) is 23.7. The van der Waals surface area contributed by atoms with Crippen molar-refractivity contribution in [3.8, 4) is 0 Å². The maximum atomic E-state index is 13.6. The summed E-state index contributed by atoms with van der Waals surface area (Å²) in [5.41, 5.74) is 2.44. The molecule has 7 nitrogen and oxygen atoms in total. The van der Waals surface area contributed by atoms with Crippen LogP contribution < -0.4 is 10.9 Å². The molecule has 4 rings (SSSR count). The van der Waals surface area contributed by atoms with E-state index in [1.807, 2.05) is 54.0 Å². The maximum absolute atomic E-state index is 13.6. The maximum Gasteiger partial charge on any atom is 0.291 e. The lowest BCUT2D eigenvalue weighted by atomic mass is 10.1. The van der Waals surface area contributed by atoms with Gasteiger partial charge in [0.1, 0.15) is 11.6 Å². The van der Waals surface area contributed by atoms with Crippen molar-refractivity contribution in [1.29, 1.82) is 0 Å². The normalized spacial score (nSPS) is 13.4.